The van der Waals surface area contributed by atoms with E-state index < -0.39 is 0 Å². The van der Waals surface area contributed by atoms with Crippen LogP contribution in [-0.2, 0) is 0 Å². The molecule has 0 fully saturated rings. The van der Waals surface area contributed by atoms with Crippen LogP contribution in [0.25, 0.3) is 0 Å². The molecule has 5 aromatic carbocycles. The maximum Gasteiger partial charge on any atom is 0.121 e. The molecule has 50 heavy (non-hydrogen) atoms. The predicted molar refractivity (Wildman–Crippen MR) is 205 cm³/mol. The molecule has 0 heterocycles. The van der Waals surface area contributed by atoms with E-state index in [0.29, 0.717) is 34.8 Å². The first-order chi connectivity index (χ1) is 23.8. The minimum atomic E-state index is -0.211. The second-order valence-electron chi connectivity index (χ2n) is 13.7. The van der Waals surface area contributed by atoms with E-state index in [-0.39, 0.29) is 11.7 Å². The minimum Gasteiger partial charge on any atom is -0.508 e. The molecule has 0 aliphatic heterocycles. The second-order valence-corrected chi connectivity index (χ2v) is 13.7. The van der Waals surface area contributed by atoms with Crippen LogP contribution in [0.1, 0.15) is 113 Å². The third kappa shape index (κ3) is 8.27. The molecule has 0 saturated carbocycles. The molecular formula is C45H54O5. The SMILES string of the molecule is CCCCC(CC)C(c1ccc(O)cc1)c1ccc(O)cc1.Cc1cc(C(c2ccccc2O)c2cc(C)c(O)c(C)c2C)c(C)c(C)c1O. The molecule has 0 radical (unpaired) electrons. The lowest BCUT2D eigenvalue weighted by atomic mass is 9.77. The topological polar surface area (TPSA) is 101 Å². The zero-order valence-electron chi connectivity index (χ0n) is 30.9. The predicted octanol–water partition coefficient (Wildman–Crippen LogP) is 11.3. The van der Waals surface area contributed by atoms with Gasteiger partial charge in [0, 0.05) is 17.4 Å². The summed E-state index contributed by atoms with van der Waals surface area (Å²) in [6.07, 6.45) is 4.74. The first-order valence-electron chi connectivity index (χ1n) is 17.8. The molecule has 0 aromatic heterocycles. The van der Waals surface area contributed by atoms with Crippen LogP contribution >= 0.6 is 0 Å². The maximum atomic E-state index is 10.7. The van der Waals surface area contributed by atoms with Crippen LogP contribution in [0.4, 0.5) is 0 Å². The molecule has 264 valence electrons. The third-order valence-corrected chi connectivity index (χ3v) is 10.5. The van der Waals surface area contributed by atoms with Gasteiger partial charge in [0.2, 0.25) is 0 Å². The van der Waals surface area contributed by atoms with Crippen molar-refractivity contribution in [2.24, 2.45) is 5.92 Å². The number of aryl methyl sites for hydroxylation is 2. The molecular weight excluding hydrogens is 620 g/mol. The summed E-state index contributed by atoms with van der Waals surface area (Å²) in [7, 11) is 0. The fourth-order valence-corrected chi connectivity index (χ4v) is 7.21. The summed E-state index contributed by atoms with van der Waals surface area (Å²) in [5, 5.41) is 50.5. The monoisotopic (exact) mass is 674 g/mol. The lowest BCUT2D eigenvalue weighted by molar-refractivity contribution is 0.405. The van der Waals surface area contributed by atoms with E-state index >= 15 is 0 Å². The smallest absolute Gasteiger partial charge is 0.121 e. The van der Waals surface area contributed by atoms with Crippen LogP contribution in [0.2, 0.25) is 0 Å². The van der Waals surface area contributed by atoms with Crippen molar-refractivity contribution in [1.29, 1.82) is 0 Å². The molecule has 5 N–H and O–H groups in total. The second kappa shape index (κ2) is 16.7. The van der Waals surface area contributed by atoms with Crippen molar-refractivity contribution in [1.82, 2.24) is 0 Å². The fraction of sp³-hybridized carbons (Fsp3) is 0.333. The van der Waals surface area contributed by atoms with Gasteiger partial charge in [0.15, 0.2) is 0 Å². The van der Waals surface area contributed by atoms with E-state index in [9.17, 15) is 25.5 Å². The highest BCUT2D eigenvalue weighted by molar-refractivity contribution is 5.60. The molecule has 1 unspecified atom stereocenters. The lowest BCUT2D eigenvalue weighted by Crippen LogP contribution is -2.14. The fourth-order valence-electron chi connectivity index (χ4n) is 7.21. The van der Waals surface area contributed by atoms with Crippen LogP contribution < -0.4 is 0 Å². The third-order valence-electron chi connectivity index (χ3n) is 10.5. The zero-order chi connectivity index (χ0) is 36.7. The highest BCUT2D eigenvalue weighted by atomic mass is 16.3. The summed E-state index contributed by atoms with van der Waals surface area (Å²) >= 11 is 0. The maximum absolute atomic E-state index is 10.7. The lowest BCUT2D eigenvalue weighted by Gasteiger charge is -2.27. The highest BCUT2D eigenvalue weighted by Gasteiger charge is 2.27. The Hall–Kier alpha value is -4.90. The van der Waals surface area contributed by atoms with Crippen molar-refractivity contribution in [3.05, 3.63) is 146 Å². The Labute approximate surface area is 298 Å². The van der Waals surface area contributed by atoms with E-state index in [1.54, 1.807) is 30.3 Å². The van der Waals surface area contributed by atoms with Gasteiger partial charge in [0.25, 0.3) is 0 Å². The number of phenolic OH excluding ortho intramolecular Hbond substituents is 5. The number of unbranched alkanes of at least 4 members (excludes halogenated alkanes) is 1. The number of phenols is 5. The van der Waals surface area contributed by atoms with E-state index in [2.05, 4.69) is 13.8 Å². The number of para-hydroxylation sites is 1. The summed E-state index contributed by atoms with van der Waals surface area (Å²) in [6.45, 7) is 16.1. The largest absolute Gasteiger partial charge is 0.508 e. The van der Waals surface area contributed by atoms with Gasteiger partial charge in [-0.05, 0) is 140 Å². The molecule has 0 spiro atoms. The first kappa shape index (κ1) is 37.9. The Morgan fingerprint density at radius 1 is 0.520 bits per heavy atom. The van der Waals surface area contributed by atoms with Crippen LogP contribution in [0.3, 0.4) is 0 Å². The van der Waals surface area contributed by atoms with Gasteiger partial charge in [-0.1, -0.05) is 87.7 Å². The van der Waals surface area contributed by atoms with Gasteiger partial charge in [-0.25, -0.2) is 0 Å². The van der Waals surface area contributed by atoms with Crippen molar-refractivity contribution in [2.45, 2.75) is 92.9 Å². The number of benzene rings is 5. The zero-order valence-corrected chi connectivity index (χ0v) is 30.9. The van der Waals surface area contributed by atoms with Gasteiger partial charge < -0.3 is 25.5 Å². The summed E-state index contributed by atoms with van der Waals surface area (Å²) in [6, 6.07) is 26.5. The molecule has 0 saturated heterocycles. The van der Waals surface area contributed by atoms with Crippen LogP contribution in [0.5, 0.6) is 28.7 Å². The van der Waals surface area contributed by atoms with Crippen LogP contribution in [-0.4, -0.2) is 25.5 Å². The molecule has 5 nitrogen and oxygen atoms in total. The average molecular weight is 675 g/mol. The summed E-state index contributed by atoms with van der Waals surface area (Å²) in [4.78, 5) is 0. The molecule has 5 rings (SSSR count). The number of hydrogen-bond acceptors (Lipinski definition) is 5. The summed E-state index contributed by atoms with van der Waals surface area (Å²) in [5.74, 6) is 2.12. The van der Waals surface area contributed by atoms with Crippen LogP contribution in [0, 0.1) is 47.5 Å². The standard InChI is InChI=1S/C25H28O3.C20H26O2/c1-13-11-20(15(3)17(5)24(13)27)23(19-9-7-8-10-22(19)26)21-12-14(2)25(28)18(6)16(21)4;1-3-5-6-15(4-2)20(16-7-11-18(21)12-8-16)17-9-13-19(22)14-10-17/h7-12,23,26-28H,1-6H3;7-15,20-22H,3-6H2,1-2H3. The van der Waals surface area contributed by atoms with E-state index in [4.69, 9.17) is 0 Å². The number of rotatable bonds is 10. The summed E-state index contributed by atoms with van der Waals surface area (Å²) < 4.78 is 0. The Morgan fingerprint density at radius 3 is 1.36 bits per heavy atom. The number of aromatic hydroxyl groups is 5. The average Bonchev–Trinajstić information content (AvgIpc) is 3.11. The van der Waals surface area contributed by atoms with E-state index in [1.165, 1.54) is 30.4 Å². The summed E-state index contributed by atoms with van der Waals surface area (Å²) in [5.41, 5.74) is 10.7. The van der Waals surface area contributed by atoms with Gasteiger partial charge in [-0.15, -0.1) is 0 Å². The quantitative estimate of drug-likeness (QED) is 0.0949. The first-order valence-corrected chi connectivity index (χ1v) is 17.8. The number of hydrogen-bond donors (Lipinski definition) is 5. The molecule has 1 atom stereocenters. The van der Waals surface area contributed by atoms with Gasteiger partial charge in [-0.3, -0.25) is 0 Å². The van der Waals surface area contributed by atoms with Crippen molar-refractivity contribution in [3.63, 3.8) is 0 Å². The van der Waals surface area contributed by atoms with Gasteiger partial charge >= 0.3 is 0 Å². The van der Waals surface area contributed by atoms with E-state index in [0.717, 1.165) is 56.5 Å². The van der Waals surface area contributed by atoms with Gasteiger partial charge in [0.1, 0.15) is 28.7 Å². The molecule has 0 amide bonds. The molecule has 0 aliphatic rings. The molecule has 0 aliphatic carbocycles. The molecule has 0 bridgehead atoms. The Morgan fingerprint density at radius 2 is 0.960 bits per heavy atom. The van der Waals surface area contributed by atoms with Gasteiger partial charge in [0.05, 0.1) is 0 Å². The van der Waals surface area contributed by atoms with Crippen LogP contribution in [0.15, 0.2) is 84.9 Å². The molecule has 5 aromatic rings. The highest BCUT2D eigenvalue weighted by Crippen LogP contribution is 2.44. The minimum absolute atomic E-state index is 0.211. The van der Waals surface area contributed by atoms with Crippen molar-refractivity contribution in [3.8, 4) is 28.7 Å². The van der Waals surface area contributed by atoms with Crippen molar-refractivity contribution < 1.29 is 25.5 Å². The molecule has 5 heteroatoms. The van der Waals surface area contributed by atoms with Crippen molar-refractivity contribution in [2.75, 3.05) is 0 Å². The Bertz CT molecular complexity index is 1780. The van der Waals surface area contributed by atoms with Gasteiger partial charge in [-0.2, -0.15) is 0 Å². The Balaban J connectivity index is 0.000000232. The normalized spacial score (nSPS) is 11.8. The van der Waals surface area contributed by atoms with Crippen molar-refractivity contribution >= 4 is 0 Å². The van der Waals surface area contributed by atoms with E-state index in [1.807, 2.05) is 96.1 Å². The Kier molecular flexibility index (Phi) is 12.6.